The van der Waals surface area contributed by atoms with E-state index < -0.39 is 5.97 Å². The fraction of sp³-hybridized carbons (Fsp3) is 0.250. The number of nitrogens with zero attached hydrogens (tertiary/aromatic N) is 5. The number of hydrogen-bond donors (Lipinski definition) is 1. The first kappa shape index (κ1) is 9.38. The van der Waals surface area contributed by atoms with Crippen LogP contribution in [0.4, 0.5) is 0 Å². The third-order valence-electron chi connectivity index (χ3n) is 1.95. The number of carboxylic acid groups (broad SMARTS) is 1. The summed E-state index contributed by atoms with van der Waals surface area (Å²) in [7, 11) is 0. The van der Waals surface area contributed by atoms with Crippen LogP contribution in [0.1, 0.15) is 10.6 Å². The van der Waals surface area contributed by atoms with Crippen molar-refractivity contribution in [2.75, 3.05) is 0 Å². The second-order valence-electron chi connectivity index (χ2n) is 2.92. The van der Waals surface area contributed by atoms with Crippen LogP contribution >= 0.6 is 0 Å². The van der Waals surface area contributed by atoms with E-state index in [-0.39, 0.29) is 5.82 Å². The molecule has 0 amide bonds. The van der Waals surface area contributed by atoms with E-state index in [0.717, 1.165) is 0 Å². The second-order valence-corrected chi connectivity index (χ2v) is 2.92. The number of rotatable bonds is 4. The van der Waals surface area contributed by atoms with Crippen LogP contribution < -0.4 is 0 Å². The van der Waals surface area contributed by atoms with Gasteiger partial charge in [-0.25, -0.2) is 9.78 Å². The molecule has 0 aliphatic rings. The number of aromatic nitrogens is 5. The molecule has 0 aliphatic carbocycles. The Hall–Kier alpha value is -2.18. The third kappa shape index (κ3) is 2.01. The number of carbonyl (C=O) groups is 1. The minimum absolute atomic E-state index is 0.0371. The summed E-state index contributed by atoms with van der Waals surface area (Å²) >= 11 is 0. The number of aromatic carboxylic acids is 1. The van der Waals surface area contributed by atoms with E-state index in [2.05, 4.69) is 15.3 Å². The van der Waals surface area contributed by atoms with Crippen molar-refractivity contribution in [2.45, 2.75) is 13.1 Å². The molecule has 0 radical (unpaired) electrons. The molecule has 0 aromatic carbocycles. The van der Waals surface area contributed by atoms with Gasteiger partial charge in [0.2, 0.25) is 5.82 Å². The first-order valence-corrected chi connectivity index (χ1v) is 4.36. The van der Waals surface area contributed by atoms with Crippen LogP contribution in [0.2, 0.25) is 0 Å². The molecular weight excluding hydrogens is 198 g/mol. The normalized spacial score (nSPS) is 10.4. The highest BCUT2D eigenvalue weighted by Crippen LogP contribution is 1.98. The maximum Gasteiger partial charge on any atom is 0.372 e. The van der Waals surface area contributed by atoms with Gasteiger partial charge in [0.1, 0.15) is 0 Å². The van der Waals surface area contributed by atoms with Gasteiger partial charge >= 0.3 is 5.97 Å². The van der Waals surface area contributed by atoms with Crippen molar-refractivity contribution in [3.8, 4) is 0 Å². The topological polar surface area (TPSA) is 85.8 Å². The molecule has 2 aromatic rings. The molecule has 7 nitrogen and oxygen atoms in total. The van der Waals surface area contributed by atoms with E-state index in [4.69, 9.17) is 5.11 Å². The molecular formula is C8H9N5O2. The zero-order valence-corrected chi connectivity index (χ0v) is 7.82. The summed E-state index contributed by atoms with van der Waals surface area (Å²) in [5.41, 5.74) is 0. The number of hydrogen-bond acceptors (Lipinski definition) is 4. The fourth-order valence-electron chi connectivity index (χ4n) is 1.25. The first-order valence-electron chi connectivity index (χ1n) is 4.36. The molecule has 78 valence electrons. The summed E-state index contributed by atoms with van der Waals surface area (Å²) in [6.07, 6.45) is 6.38. The molecule has 0 saturated heterocycles. The molecule has 15 heavy (non-hydrogen) atoms. The van der Waals surface area contributed by atoms with Gasteiger partial charge in [-0.05, 0) is 0 Å². The first-order chi connectivity index (χ1) is 7.27. The molecule has 2 heterocycles. The van der Waals surface area contributed by atoms with Gasteiger partial charge in [-0.15, -0.1) is 5.10 Å². The Labute approximate surface area is 85.0 Å². The SMILES string of the molecule is O=C(O)c1nccn1CCn1ccnn1. The van der Waals surface area contributed by atoms with Gasteiger partial charge in [-0.3, -0.25) is 4.68 Å². The van der Waals surface area contributed by atoms with Gasteiger partial charge in [-0.2, -0.15) is 0 Å². The predicted octanol–water partition coefficient (Wildman–Crippen LogP) is -0.127. The molecule has 0 spiro atoms. The van der Waals surface area contributed by atoms with E-state index in [1.807, 2.05) is 0 Å². The van der Waals surface area contributed by atoms with E-state index in [1.54, 1.807) is 27.8 Å². The molecule has 2 rings (SSSR count). The minimum atomic E-state index is -1.03. The molecule has 0 atom stereocenters. The number of aryl methyl sites for hydroxylation is 2. The molecule has 0 saturated carbocycles. The summed E-state index contributed by atoms with van der Waals surface area (Å²) in [4.78, 5) is 14.5. The molecule has 2 aromatic heterocycles. The van der Waals surface area contributed by atoms with Crippen molar-refractivity contribution in [3.05, 3.63) is 30.6 Å². The van der Waals surface area contributed by atoms with Gasteiger partial charge in [0.05, 0.1) is 12.7 Å². The third-order valence-corrected chi connectivity index (χ3v) is 1.95. The lowest BCUT2D eigenvalue weighted by molar-refractivity contribution is 0.0677. The van der Waals surface area contributed by atoms with Crippen LogP contribution in [0.3, 0.4) is 0 Å². The summed E-state index contributed by atoms with van der Waals surface area (Å²) in [6.45, 7) is 1.07. The average molecular weight is 207 g/mol. The van der Waals surface area contributed by atoms with Gasteiger partial charge in [-0.1, -0.05) is 5.21 Å². The minimum Gasteiger partial charge on any atom is -0.475 e. The molecule has 0 aliphatic heterocycles. The lowest BCUT2D eigenvalue weighted by atomic mass is 10.5. The highest BCUT2D eigenvalue weighted by molar-refractivity contribution is 5.83. The van der Waals surface area contributed by atoms with E-state index in [1.165, 1.54) is 6.20 Å². The Morgan fingerprint density at radius 1 is 1.33 bits per heavy atom. The fourth-order valence-corrected chi connectivity index (χ4v) is 1.25. The second kappa shape index (κ2) is 3.91. The number of imidazole rings is 1. The maximum atomic E-state index is 10.7. The van der Waals surface area contributed by atoms with Crippen LogP contribution in [0.15, 0.2) is 24.8 Å². The highest BCUT2D eigenvalue weighted by atomic mass is 16.4. The van der Waals surface area contributed by atoms with Gasteiger partial charge in [0.15, 0.2) is 0 Å². The Bertz CT molecular complexity index is 447. The smallest absolute Gasteiger partial charge is 0.372 e. The Kier molecular flexibility index (Phi) is 2.44. The van der Waals surface area contributed by atoms with Crippen LogP contribution in [0.5, 0.6) is 0 Å². The highest BCUT2D eigenvalue weighted by Gasteiger charge is 2.09. The van der Waals surface area contributed by atoms with Crippen molar-refractivity contribution in [1.29, 1.82) is 0 Å². The summed E-state index contributed by atoms with van der Waals surface area (Å²) in [6, 6.07) is 0. The van der Waals surface area contributed by atoms with E-state index >= 15 is 0 Å². The van der Waals surface area contributed by atoms with E-state index in [0.29, 0.717) is 13.1 Å². The van der Waals surface area contributed by atoms with Crippen molar-refractivity contribution in [1.82, 2.24) is 24.5 Å². The van der Waals surface area contributed by atoms with Gasteiger partial charge in [0.25, 0.3) is 0 Å². The Morgan fingerprint density at radius 2 is 2.20 bits per heavy atom. The lowest BCUT2D eigenvalue weighted by Gasteiger charge is -2.03. The summed E-state index contributed by atoms with van der Waals surface area (Å²) < 4.78 is 3.19. The molecule has 0 unspecified atom stereocenters. The van der Waals surface area contributed by atoms with Crippen molar-refractivity contribution >= 4 is 5.97 Å². The molecule has 1 N–H and O–H groups in total. The monoisotopic (exact) mass is 207 g/mol. The quantitative estimate of drug-likeness (QED) is 0.754. The zero-order valence-electron chi connectivity index (χ0n) is 7.82. The van der Waals surface area contributed by atoms with Crippen LogP contribution in [0, 0.1) is 0 Å². The zero-order chi connectivity index (χ0) is 10.7. The molecule has 0 fully saturated rings. The average Bonchev–Trinajstić information content (AvgIpc) is 2.86. The molecule has 0 bridgehead atoms. The van der Waals surface area contributed by atoms with Gasteiger partial charge in [0, 0.05) is 25.1 Å². The Morgan fingerprint density at radius 3 is 2.87 bits per heavy atom. The van der Waals surface area contributed by atoms with Crippen molar-refractivity contribution in [2.24, 2.45) is 0 Å². The van der Waals surface area contributed by atoms with Crippen LogP contribution in [-0.2, 0) is 13.1 Å². The largest absolute Gasteiger partial charge is 0.475 e. The standard InChI is InChI=1S/C8H9N5O2/c14-8(15)7-9-1-3-12(7)5-6-13-4-2-10-11-13/h1-4H,5-6H2,(H,14,15). The van der Waals surface area contributed by atoms with Crippen LogP contribution in [-0.4, -0.2) is 35.6 Å². The number of carboxylic acids is 1. The van der Waals surface area contributed by atoms with Gasteiger partial charge < -0.3 is 9.67 Å². The summed E-state index contributed by atoms with van der Waals surface area (Å²) in [5, 5.41) is 16.2. The van der Waals surface area contributed by atoms with Crippen molar-refractivity contribution < 1.29 is 9.90 Å². The predicted molar refractivity (Wildman–Crippen MR) is 49.2 cm³/mol. The lowest BCUT2D eigenvalue weighted by Crippen LogP contribution is -2.13. The molecule has 7 heteroatoms. The summed E-state index contributed by atoms with van der Waals surface area (Å²) in [5.74, 6) is -0.992. The van der Waals surface area contributed by atoms with Crippen LogP contribution in [0.25, 0.3) is 0 Å². The van der Waals surface area contributed by atoms with E-state index in [9.17, 15) is 4.79 Å². The maximum absolute atomic E-state index is 10.7. The Balaban J connectivity index is 2.05. The van der Waals surface area contributed by atoms with Crippen molar-refractivity contribution in [3.63, 3.8) is 0 Å².